The second kappa shape index (κ2) is 6.83. The van der Waals surface area contributed by atoms with Crippen molar-refractivity contribution in [1.82, 2.24) is 20.3 Å². The number of nitrogens with zero attached hydrogens (tertiary/aromatic N) is 3. The highest BCUT2D eigenvalue weighted by molar-refractivity contribution is 5.92. The van der Waals surface area contributed by atoms with Crippen LogP contribution < -0.4 is 5.32 Å². The molecule has 1 fully saturated rings. The fourth-order valence-corrected chi connectivity index (χ4v) is 2.57. The first-order chi connectivity index (χ1) is 9.61. The number of aromatic nitrogens is 3. The van der Waals surface area contributed by atoms with Gasteiger partial charge in [-0.1, -0.05) is 38.3 Å². The van der Waals surface area contributed by atoms with Crippen molar-refractivity contribution in [2.24, 2.45) is 5.92 Å². The first-order valence-corrected chi connectivity index (χ1v) is 7.45. The number of aliphatic hydroxyl groups excluding tert-OH is 1. The maximum absolute atomic E-state index is 12.1. The summed E-state index contributed by atoms with van der Waals surface area (Å²) in [6, 6.07) is 0.124. The number of hydrogen-bond donors (Lipinski definition) is 2. The molecule has 2 N–H and O–H groups in total. The molecule has 1 amide bonds. The van der Waals surface area contributed by atoms with Crippen LogP contribution in [0, 0.1) is 5.92 Å². The van der Waals surface area contributed by atoms with E-state index in [0.29, 0.717) is 11.7 Å². The van der Waals surface area contributed by atoms with Gasteiger partial charge >= 0.3 is 0 Å². The molecule has 1 aliphatic carbocycles. The molecular formula is C14H24N4O2. The van der Waals surface area contributed by atoms with Crippen molar-refractivity contribution in [2.75, 3.05) is 6.61 Å². The van der Waals surface area contributed by atoms with Crippen LogP contribution in [-0.2, 0) is 0 Å². The molecule has 1 heterocycles. The van der Waals surface area contributed by atoms with Gasteiger partial charge in [0.1, 0.15) is 0 Å². The lowest BCUT2D eigenvalue weighted by Crippen LogP contribution is -2.41. The topological polar surface area (TPSA) is 80.0 Å². The van der Waals surface area contributed by atoms with Gasteiger partial charge in [0.25, 0.3) is 5.91 Å². The summed E-state index contributed by atoms with van der Waals surface area (Å²) in [5.74, 6) is -0.0860. The third kappa shape index (κ3) is 3.56. The van der Waals surface area contributed by atoms with E-state index in [1.165, 1.54) is 19.3 Å². The molecule has 0 saturated heterocycles. The molecule has 2 rings (SSSR count). The average molecular weight is 280 g/mol. The van der Waals surface area contributed by atoms with Crippen LogP contribution in [0.3, 0.4) is 0 Å². The van der Waals surface area contributed by atoms with Gasteiger partial charge in [-0.15, -0.1) is 5.10 Å². The van der Waals surface area contributed by atoms with Crippen LogP contribution >= 0.6 is 0 Å². The quantitative estimate of drug-likeness (QED) is 0.857. The minimum atomic E-state index is -0.264. The maximum Gasteiger partial charge on any atom is 0.273 e. The van der Waals surface area contributed by atoms with Crippen molar-refractivity contribution in [1.29, 1.82) is 0 Å². The molecule has 1 atom stereocenters. The molecule has 0 aliphatic heterocycles. The largest absolute Gasteiger partial charge is 0.394 e. The van der Waals surface area contributed by atoms with Gasteiger partial charge in [0.2, 0.25) is 0 Å². The van der Waals surface area contributed by atoms with Gasteiger partial charge in [0.05, 0.1) is 24.9 Å². The summed E-state index contributed by atoms with van der Waals surface area (Å²) in [4.78, 5) is 12.1. The lowest BCUT2D eigenvalue weighted by Gasteiger charge is -2.21. The lowest BCUT2D eigenvalue weighted by molar-refractivity contribution is 0.0891. The maximum atomic E-state index is 12.1. The number of rotatable bonds is 5. The normalized spacial score (nSPS) is 18.2. The van der Waals surface area contributed by atoms with Crippen LogP contribution in [-0.4, -0.2) is 38.7 Å². The minimum absolute atomic E-state index is 0.0693. The summed E-state index contributed by atoms with van der Waals surface area (Å²) in [6.45, 7) is 3.85. The van der Waals surface area contributed by atoms with E-state index in [9.17, 15) is 9.90 Å². The van der Waals surface area contributed by atoms with E-state index in [4.69, 9.17) is 0 Å². The fourth-order valence-electron chi connectivity index (χ4n) is 2.57. The Bertz CT molecular complexity index is 438. The molecular weight excluding hydrogens is 256 g/mol. The Morgan fingerprint density at radius 3 is 2.75 bits per heavy atom. The van der Waals surface area contributed by atoms with Crippen LogP contribution in [0.2, 0.25) is 0 Å². The van der Waals surface area contributed by atoms with Gasteiger partial charge in [-0.05, 0) is 18.8 Å². The van der Waals surface area contributed by atoms with Gasteiger partial charge in [0, 0.05) is 0 Å². The van der Waals surface area contributed by atoms with E-state index in [0.717, 1.165) is 12.8 Å². The molecule has 0 spiro atoms. The molecule has 0 unspecified atom stereocenters. The molecule has 0 bridgehead atoms. The summed E-state index contributed by atoms with van der Waals surface area (Å²) in [5, 5.41) is 20.1. The Kier molecular flexibility index (Phi) is 5.11. The third-order valence-corrected chi connectivity index (χ3v) is 4.01. The molecule has 6 nitrogen and oxygen atoms in total. The summed E-state index contributed by atoms with van der Waals surface area (Å²) in [7, 11) is 0. The molecule has 1 saturated carbocycles. The number of aliphatic hydroxyl groups is 1. The van der Waals surface area contributed by atoms with Crippen molar-refractivity contribution in [3.8, 4) is 0 Å². The fraction of sp³-hybridized carbons (Fsp3) is 0.786. The highest BCUT2D eigenvalue weighted by Crippen LogP contribution is 2.27. The SMILES string of the molecule is CC(C)[C@H](CO)NC(=O)c1cn(C2CCCCC2)nn1. The molecule has 1 aliphatic rings. The zero-order valence-corrected chi connectivity index (χ0v) is 12.2. The van der Waals surface area contributed by atoms with Crippen molar-refractivity contribution < 1.29 is 9.90 Å². The van der Waals surface area contributed by atoms with Crippen LogP contribution in [0.1, 0.15) is 62.5 Å². The smallest absolute Gasteiger partial charge is 0.273 e. The lowest BCUT2D eigenvalue weighted by atomic mass is 9.96. The minimum Gasteiger partial charge on any atom is -0.394 e. The summed E-state index contributed by atoms with van der Waals surface area (Å²) in [6.07, 6.45) is 7.65. The highest BCUT2D eigenvalue weighted by atomic mass is 16.3. The Morgan fingerprint density at radius 1 is 1.45 bits per heavy atom. The predicted molar refractivity (Wildman–Crippen MR) is 75.3 cm³/mol. The van der Waals surface area contributed by atoms with Gasteiger partial charge in [-0.3, -0.25) is 4.79 Å². The zero-order valence-electron chi connectivity index (χ0n) is 12.2. The molecule has 6 heteroatoms. The average Bonchev–Trinajstić information content (AvgIpc) is 2.95. The van der Waals surface area contributed by atoms with Crippen molar-refractivity contribution in [2.45, 2.75) is 58.0 Å². The Morgan fingerprint density at radius 2 is 2.15 bits per heavy atom. The second-order valence-corrected chi connectivity index (χ2v) is 5.88. The van der Waals surface area contributed by atoms with Gasteiger partial charge in [-0.25, -0.2) is 4.68 Å². The third-order valence-electron chi connectivity index (χ3n) is 4.01. The number of carbonyl (C=O) groups excluding carboxylic acids is 1. The molecule has 20 heavy (non-hydrogen) atoms. The number of hydrogen-bond acceptors (Lipinski definition) is 4. The first kappa shape index (κ1) is 15.0. The second-order valence-electron chi connectivity index (χ2n) is 5.88. The number of carbonyl (C=O) groups is 1. The summed E-state index contributed by atoms with van der Waals surface area (Å²) >= 11 is 0. The van der Waals surface area contributed by atoms with Crippen LogP contribution in [0.15, 0.2) is 6.20 Å². The summed E-state index contributed by atoms with van der Waals surface area (Å²) < 4.78 is 1.82. The predicted octanol–water partition coefficient (Wildman–Crippen LogP) is 1.53. The monoisotopic (exact) mass is 280 g/mol. The molecule has 112 valence electrons. The van der Waals surface area contributed by atoms with Gasteiger partial charge in [0.15, 0.2) is 5.69 Å². The Hall–Kier alpha value is -1.43. The Labute approximate surface area is 119 Å². The van der Waals surface area contributed by atoms with Crippen molar-refractivity contribution in [3.05, 3.63) is 11.9 Å². The van der Waals surface area contributed by atoms with E-state index >= 15 is 0 Å². The highest BCUT2D eigenvalue weighted by Gasteiger charge is 2.21. The van der Waals surface area contributed by atoms with E-state index < -0.39 is 0 Å². The van der Waals surface area contributed by atoms with Gasteiger partial charge in [-0.2, -0.15) is 0 Å². The van der Waals surface area contributed by atoms with E-state index in [2.05, 4.69) is 15.6 Å². The van der Waals surface area contributed by atoms with Crippen molar-refractivity contribution in [3.63, 3.8) is 0 Å². The molecule has 1 aromatic rings. The van der Waals surface area contributed by atoms with E-state index in [1.807, 2.05) is 18.5 Å². The summed E-state index contributed by atoms with van der Waals surface area (Å²) in [5.41, 5.74) is 0.328. The zero-order chi connectivity index (χ0) is 14.5. The Balaban J connectivity index is 1.98. The molecule has 0 radical (unpaired) electrons. The first-order valence-electron chi connectivity index (χ1n) is 7.45. The van der Waals surface area contributed by atoms with E-state index in [-0.39, 0.29) is 24.5 Å². The van der Waals surface area contributed by atoms with E-state index in [1.54, 1.807) is 6.20 Å². The van der Waals surface area contributed by atoms with Crippen LogP contribution in [0.25, 0.3) is 0 Å². The van der Waals surface area contributed by atoms with Crippen LogP contribution in [0.5, 0.6) is 0 Å². The van der Waals surface area contributed by atoms with Crippen molar-refractivity contribution >= 4 is 5.91 Å². The molecule has 0 aromatic carbocycles. The number of nitrogens with one attached hydrogen (secondary N) is 1. The number of amides is 1. The standard InChI is InChI=1S/C14H24N4O2/c1-10(2)13(9-19)15-14(20)12-8-18(17-16-12)11-6-4-3-5-7-11/h8,10-11,13,19H,3-7,9H2,1-2H3,(H,15,20)/t13-/m0/s1. The van der Waals surface area contributed by atoms with Gasteiger partial charge < -0.3 is 10.4 Å². The van der Waals surface area contributed by atoms with Crippen LogP contribution in [0.4, 0.5) is 0 Å². The molecule has 1 aromatic heterocycles.